The van der Waals surface area contributed by atoms with Gasteiger partial charge in [-0.15, -0.1) is 0 Å². The molecule has 0 aliphatic rings. The Hall–Kier alpha value is -2.44. The van der Waals surface area contributed by atoms with E-state index in [0.717, 1.165) is 40.8 Å². The molecule has 2 aromatic heterocycles. The molecule has 28 heavy (non-hydrogen) atoms. The number of benzene rings is 1. The topological polar surface area (TPSA) is 59.2 Å². The summed E-state index contributed by atoms with van der Waals surface area (Å²) >= 11 is 0. The van der Waals surface area contributed by atoms with Crippen molar-refractivity contribution in [2.24, 2.45) is 0 Å². The fraction of sp³-hybridized carbons (Fsp3) is 0.409. The first-order valence-corrected chi connectivity index (χ1v) is 9.54. The second-order valence-corrected chi connectivity index (χ2v) is 7.15. The minimum atomic E-state index is -0.234. The van der Waals surface area contributed by atoms with Crippen LogP contribution in [0.25, 0.3) is 10.9 Å². The van der Waals surface area contributed by atoms with E-state index in [2.05, 4.69) is 29.1 Å². The number of pyridine rings is 1. The van der Waals surface area contributed by atoms with Gasteiger partial charge < -0.3 is 19.8 Å². The molecule has 2 atom stereocenters. The Labute approximate surface area is 165 Å². The van der Waals surface area contributed by atoms with Crippen molar-refractivity contribution >= 4 is 16.7 Å². The van der Waals surface area contributed by atoms with Crippen LogP contribution >= 0.6 is 0 Å². The molecule has 0 amide bonds. The predicted molar refractivity (Wildman–Crippen MR) is 110 cm³/mol. The molecule has 0 radical (unpaired) electrons. The Morgan fingerprint density at radius 2 is 1.71 bits per heavy atom. The fourth-order valence-corrected chi connectivity index (χ4v) is 3.32. The third kappa shape index (κ3) is 4.69. The lowest BCUT2D eigenvalue weighted by atomic mass is 10.0. The quantitative estimate of drug-likeness (QED) is 0.571. The molecule has 150 valence electrons. The number of halogens is 1. The molecule has 5 nitrogen and oxygen atoms in total. The maximum absolute atomic E-state index is 13.1. The van der Waals surface area contributed by atoms with E-state index in [1.54, 1.807) is 32.5 Å². The van der Waals surface area contributed by atoms with Gasteiger partial charge in [0.05, 0.1) is 17.7 Å². The van der Waals surface area contributed by atoms with Gasteiger partial charge in [-0.3, -0.25) is 0 Å². The molecular formula is C22H28FN3O2. The van der Waals surface area contributed by atoms with Crippen molar-refractivity contribution < 1.29 is 13.9 Å². The summed E-state index contributed by atoms with van der Waals surface area (Å²) in [5, 5.41) is 4.49. The van der Waals surface area contributed by atoms with E-state index >= 15 is 0 Å². The molecule has 3 aromatic rings. The molecule has 0 saturated carbocycles. The number of H-pyrrole nitrogens is 1. The van der Waals surface area contributed by atoms with Crippen LogP contribution in [-0.4, -0.2) is 36.4 Å². The highest BCUT2D eigenvalue weighted by atomic mass is 19.1. The zero-order chi connectivity index (χ0) is 20.1. The second-order valence-electron chi connectivity index (χ2n) is 7.15. The van der Waals surface area contributed by atoms with E-state index in [1.807, 2.05) is 6.07 Å². The first kappa shape index (κ1) is 20.3. The van der Waals surface area contributed by atoms with Crippen molar-refractivity contribution in [3.8, 4) is 0 Å². The molecule has 2 heterocycles. The van der Waals surface area contributed by atoms with Crippen LogP contribution in [0.4, 0.5) is 10.2 Å². The van der Waals surface area contributed by atoms with Gasteiger partial charge in [0.2, 0.25) is 0 Å². The maximum Gasteiger partial charge on any atom is 0.135 e. The number of ether oxygens (including phenoxy) is 2. The summed E-state index contributed by atoms with van der Waals surface area (Å²) in [5.74, 6) is 0.579. The summed E-state index contributed by atoms with van der Waals surface area (Å²) in [5.41, 5.74) is 4.37. The molecular weight excluding hydrogens is 357 g/mol. The van der Waals surface area contributed by atoms with Crippen molar-refractivity contribution in [2.75, 3.05) is 19.5 Å². The largest absolute Gasteiger partial charge is 0.381 e. The van der Waals surface area contributed by atoms with E-state index in [9.17, 15) is 4.39 Å². The van der Waals surface area contributed by atoms with Gasteiger partial charge in [0, 0.05) is 50.9 Å². The Balaban J connectivity index is 1.96. The predicted octanol–water partition coefficient (Wildman–Crippen LogP) is 4.47. The molecule has 1 aromatic carbocycles. The summed E-state index contributed by atoms with van der Waals surface area (Å²) in [4.78, 5) is 8.11. The zero-order valence-corrected chi connectivity index (χ0v) is 16.9. The highest BCUT2D eigenvalue weighted by molar-refractivity contribution is 5.94. The van der Waals surface area contributed by atoms with Gasteiger partial charge in [0.25, 0.3) is 0 Å². The van der Waals surface area contributed by atoms with E-state index in [4.69, 9.17) is 9.47 Å². The number of aromatic amines is 1. The van der Waals surface area contributed by atoms with E-state index in [-0.39, 0.29) is 18.0 Å². The summed E-state index contributed by atoms with van der Waals surface area (Å²) in [6.45, 7) is 4.69. The van der Waals surface area contributed by atoms with Crippen molar-refractivity contribution in [2.45, 2.75) is 45.4 Å². The minimum Gasteiger partial charge on any atom is -0.381 e. The van der Waals surface area contributed by atoms with Crippen LogP contribution in [-0.2, 0) is 28.9 Å². The number of nitrogens with zero attached hydrogens (tertiary/aromatic N) is 1. The number of hydrogen-bond acceptors (Lipinski definition) is 4. The van der Waals surface area contributed by atoms with Crippen LogP contribution in [0.3, 0.4) is 0 Å². The Bertz CT molecular complexity index is 908. The van der Waals surface area contributed by atoms with Gasteiger partial charge in [-0.1, -0.05) is 12.1 Å². The minimum absolute atomic E-state index is 0.0840. The average Bonchev–Trinajstić information content (AvgIpc) is 3.04. The second kappa shape index (κ2) is 9.17. The van der Waals surface area contributed by atoms with Gasteiger partial charge in [0.1, 0.15) is 11.6 Å². The van der Waals surface area contributed by atoms with Crippen LogP contribution in [0.1, 0.15) is 30.7 Å². The van der Waals surface area contributed by atoms with Crippen LogP contribution in [0.15, 0.2) is 36.5 Å². The van der Waals surface area contributed by atoms with Gasteiger partial charge in [-0.05, 0) is 43.2 Å². The maximum atomic E-state index is 13.1. The standard InChI is InChI=1S/C22H28FN3O2/c1-14(27-3)11-18-20(12-15(2)28-4)26-19-9-10-24-22(21(18)19)25-13-16-5-7-17(23)8-6-16/h5-10,14-15,26H,11-13H2,1-4H3,(H,24,25). The molecule has 0 aliphatic carbocycles. The Morgan fingerprint density at radius 3 is 2.39 bits per heavy atom. The smallest absolute Gasteiger partial charge is 0.135 e. The molecule has 0 bridgehead atoms. The number of methoxy groups -OCH3 is 2. The molecule has 2 unspecified atom stereocenters. The molecule has 6 heteroatoms. The van der Waals surface area contributed by atoms with Crippen LogP contribution < -0.4 is 5.32 Å². The van der Waals surface area contributed by atoms with Crippen molar-refractivity contribution in [1.82, 2.24) is 9.97 Å². The highest BCUT2D eigenvalue weighted by Gasteiger charge is 2.19. The zero-order valence-electron chi connectivity index (χ0n) is 16.9. The van der Waals surface area contributed by atoms with Gasteiger partial charge >= 0.3 is 0 Å². The summed E-state index contributed by atoms with van der Waals surface area (Å²) in [6, 6.07) is 8.48. The van der Waals surface area contributed by atoms with Crippen LogP contribution in [0, 0.1) is 5.82 Å². The highest BCUT2D eigenvalue weighted by Crippen LogP contribution is 2.30. The first-order valence-electron chi connectivity index (χ1n) is 9.54. The lowest BCUT2D eigenvalue weighted by molar-refractivity contribution is 0.114. The summed E-state index contributed by atoms with van der Waals surface area (Å²) in [7, 11) is 3.45. The molecule has 0 aliphatic heterocycles. The normalized spacial score (nSPS) is 13.6. The SMILES string of the molecule is COC(C)Cc1[nH]c2ccnc(NCc3ccc(F)cc3)c2c1CC(C)OC. The van der Waals surface area contributed by atoms with Gasteiger partial charge in [-0.2, -0.15) is 0 Å². The van der Waals surface area contributed by atoms with Crippen molar-refractivity contribution in [3.63, 3.8) is 0 Å². The lowest BCUT2D eigenvalue weighted by Gasteiger charge is -2.14. The van der Waals surface area contributed by atoms with Gasteiger partial charge in [0.15, 0.2) is 0 Å². The van der Waals surface area contributed by atoms with E-state index in [0.29, 0.717) is 6.54 Å². The number of hydrogen-bond donors (Lipinski definition) is 2. The number of fused-ring (bicyclic) bond motifs is 1. The number of aromatic nitrogens is 2. The Kier molecular flexibility index (Phi) is 6.65. The Morgan fingerprint density at radius 1 is 1.04 bits per heavy atom. The molecule has 0 spiro atoms. The third-order valence-corrected chi connectivity index (χ3v) is 5.06. The fourth-order valence-electron chi connectivity index (χ4n) is 3.32. The molecule has 3 rings (SSSR count). The third-order valence-electron chi connectivity index (χ3n) is 5.06. The van der Waals surface area contributed by atoms with Crippen LogP contribution in [0.2, 0.25) is 0 Å². The summed E-state index contributed by atoms with van der Waals surface area (Å²) < 4.78 is 24.1. The van der Waals surface area contributed by atoms with E-state index < -0.39 is 0 Å². The van der Waals surface area contributed by atoms with Crippen molar-refractivity contribution in [1.29, 1.82) is 0 Å². The monoisotopic (exact) mass is 385 g/mol. The molecule has 2 N–H and O–H groups in total. The molecule has 0 fully saturated rings. The number of anilines is 1. The molecule has 0 saturated heterocycles. The van der Waals surface area contributed by atoms with Crippen LogP contribution in [0.5, 0.6) is 0 Å². The lowest BCUT2D eigenvalue weighted by Crippen LogP contribution is -2.14. The first-order chi connectivity index (χ1) is 13.5. The van der Waals surface area contributed by atoms with E-state index in [1.165, 1.54) is 17.7 Å². The number of rotatable bonds is 9. The van der Waals surface area contributed by atoms with Gasteiger partial charge in [-0.25, -0.2) is 9.37 Å². The van der Waals surface area contributed by atoms with Crippen molar-refractivity contribution in [3.05, 3.63) is 59.2 Å². The number of nitrogens with one attached hydrogen (secondary N) is 2. The average molecular weight is 385 g/mol. The summed E-state index contributed by atoms with van der Waals surface area (Å²) in [6.07, 6.45) is 3.54.